The molecule has 1 aromatic carbocycles. The van der Waals surface area contributed by atoms with Gasteiger partial charge in [0.2, 0.25) is 0 Å². The van der Waals surface area contributed by atoms with Crippen LogP contribution in [0.2, 0.25) is 0 Å². The molecule has 0 aliphatic carbocycles. The summed E-state index contributed by atoms with van der Waals surface area (Å²) in [5.74, 6) is -0.185. The lowest BCUT2D eigenvalue weighted by molar-refractivity contribution is 0.0958. The third kappa shape index (κ3) is 4.59. The van der Waals surface area contributed by atoms with Crippen molar-refractivity contribution in [3.63, 3.8) is 0 Å². The van der Waals surface area contributed by atoms with Crippen LogP contribution in [0.3, 0.4) is 0 Å². The average Bonchev–Trinajstić information content (AvgIpc) is 2.51. The summed E-state index contributed by atoms with van der Waals surface area (Å²) in [5.41, 5.74) is 6.78. The number of nitrogen functional groups attached to an aromatic ring is 1. The topological polar surface area (TPSA) is 68.0 Å². The minimum Gasteiger partial charge on any atom is -0.399 e. The van der Waals surface area contributed by atoms with Crippen LogP contribution in [-0.4, -0.2) is 17.9 Å². The van der Waals surface area contributed by atoms with Crippen molar-refractivity contribution >= 4 is 23.4 Å². The predicted molar refractivity (Wildman–Crippen MR) is 84.0 cm³/mol. The van der Waals surface area contributed by atoms with Crippen LogP contribution >= 0.6 is 11.8 Å². The molecular formula is C15H19N3OS. The van der Waals surface area contributed by atoms with E-state index in [2.05, 4.69) is 10.3 Å². The summed E-state index contributed by atoms with van der Waals surface area (Å²) in [5, 5.41) is 2.55. The maximum atomic E-state index is 11.5. The lowest BCUT2D eigenvalue weighted by Crippen LogP contribution is -2.18. The van der Waals surface area contributed by atoms with E-state index < -0.39 is 0 Å². The number of nitrogens with two attached hydrogens (primary N) is 1. The Balaban J connectivity index is 0.000000956. The van der Waals surface area contributed by atoms with E-state index in [1.165, 1.54) is 0 Å². The van der Waals surface area contributed by atoms with E-state index in [9.17, 15) is 4.79 Å². The van der Waals surface area contributed by atoms with Crippen molar-refractivity contribution < 1.29 is 4.79 Å². The van der Waals surface area contributed by atoms with Crippen molar-refractivity contribution in [2.75, 3.05) is 12.8 Å². The molecule has 3 N–H and O–H groups in total. The molecule has 0 saturated heterocycles. The van der Waals surface area contributed by atoms with E-state index >= 15 is 0 Å². The summed E-state index contributed by atoms with van der Waals surface area (Å²) in [7, 11) is 1.59. The molecule has 0 bridgehead atoms. The summed E-state index contributed by atoms with van der Waals surface area (Å²) >= 11 is 1.56. The number of carbonyl (C=O) groups excluding carboxylic acids is 1. The Bertz CT molecular complexity index is 555. The second kappa shape index (κ2) is 8.22. The summed E-state index contributed by atoms with van der Waals surface area (Å²) in [6.45, 7) is 4.00. The van der Waals surface area contributed by atoms with Gasteiger partial charge < -0.3 is 11.1 Å². The number of carbonyl (C=O) groups is 1. The van der Waals surface area contributed by atoms with Crippen molar-refractivity contribution in [3.05, 3.63) is 48.3 Å². The fourth-order valence-electron chi connectivity index (χ4n) is 1.40. The second-order valence-electron chi connectivity index (χ2n) is 3.63. The third-order valence-corrected chi connectivity index (χ3v) is 3.30. The third-order valence-electron chi connectivity index (χ3n) is 2.31. The van der Waals surface area contributed by atoms with Gasteiger partial charge in [-0.2, -0.15) is 0 Å². The Labute approximate surface area is 123 Å². The lowest BCUT2D eigenvalue weighted by atomic mass is 10.3. The van der Waals surface area contributed by atoms with E-state index in [-0.39, 0.29) is 5.91 Å². The Morgan fingerprint density at radius 3 is 2.40 bits per heavy atom. The van der Waals surface area contributed by atoms with Crippen molar-refractivity contribution in [1.29, 1.82) is 0 Å². The normalized spacial score (nSPS) is 9.35. The minimum atomic E-state index is -0.185. The van der Waals surface area contributed by atoms with Gasteiger partial charge in [-0.25, -0.2) is 0 Å². The van der Waals surface area contributed by atoms with E-state index in [0.29, 0.717) is 5.69 Å². The molecule has 5 heteroatoms. The number of hydrogen-bond donors (Lipinski definition) is 2. The smallest absolute Gasteiger partial charge is 0.269 e. The van der Waals surface area contributed by atoms with Crippen molar-refractivity contribution in [1.82, 2.24) is 10.3 Å². The summed E-state index contributed by atoms with van der Waals surface area (Å²) in [6, 6.07) is 11.2. The fraction of sp³-hybridized carbons (Fsp3) is 0.200. The first-order chi connectivity index (χ1) is 9.69. The highest BCUT2D eigenvalue weighted by molar-refractivity contribution is 7.99. The van der Waals surface area contributed by atoms with Gasteiger partial charge in [-0.15, -0.1) is 0 Å². The zero-order valence-corrected chi connectivity index (χ0v) is 12.7. The first-order valence-electron chi connectivity index (χ1n) is 6.40. The van der Waals surface area contributed by atoms with E-state index in [4.69, 9.17) is 5.73 Å². The number of amides is 1. The highest BCUT2D eigenvalue weighted by Crippen LogP contribution is 2.28. The molecule has 2 aromatic rings. The molecule has 0 fully saturated rings. The zero-order chi connectivity index (χ0) is 15.0. The number of nitrogens with zero attached hydrogens (tertiary/aromatic N) is 1. The maximum Gasteiger partial charge on any atom is 0.269 e. The molecule has 0 aliphatic heterocycles. The van der Waals surface area contributed by atoms with Crippen LogP contribution in [0.25, 0.3) is 0 Å². The molecule has 106 valence electrons. The maximum absolute atomic E-state index is 11.5. The van der Waals surface area contributed by atoms with Gasteiger partial charge in [0.1, 0.15) is 5.69 Å². The Morgan fingerprint density at radius 2 is 1.80 bits per heavy atom. The molecule has 0 unspecified atom stereocenters. The molecule has 0 saturated carbocycles. The standard InChI is InChI=1S/C13H13N3OS.C2H6/c1-15-13(17)12-8-11(6-7-16-12)18-10-4-2-9(14)3-5-10;1-2/h2-8H,14H2,1H3,(H,15,17);1-2H3. The van der Waals surface area contributed by atoms with E-state index in [1.54, 1.807) is 31.1 Å². The zero-order valence-electron chi connectivity index (χ0n) is 11.9. The van der Waals surface area contributed by atoms with Crippen molar-refractivity contribution in [2.24, 2.45) is 0 Å². The lowest BCUT2D eigenvalue weighted by Gasteiger charge is -2.04. The number of aromatic nitrogens is 1. The quantitative estimate of drug-likeness (QED) is 0.851. The van der Waals surface area contributed by atoms with E-state index in [0.717, 1.165) is 15.5 Å². The summed E-state index contributed by atoms with van der Waals surface area (Å²) in [4.78, 5) is 17.5. The average molecular weight is 289 g/mol. The second-order valence-corrected chi connectivity index (χ2v) is 4.77. The number of hydrogen-bond acceptors (Lipinski definition) is 4. The molecule has 2 rings (SSSR count). The highest BCUT2D eigenvalue weighted by atomic mass is 32.2. The van der Waals surface area contributed by atoms with Crippen LogP contribution in [0.4, 0.5) is 5.69 Å². The Morgan fingerprint density at radius 1 is 1.15 bits per heavy atom. The number of pyridine rings is 1. The van der Waals surface area contributed by atoms with Gasteiger partial charge in [-0.3, -0.25) is 9.78 Å². The van der Waals surface area contributed by atoms with Crippen molar-refractivity contribution in [2.45, 2.75) is 23.6 Å². The largest absolute Gasteiger partial charge is 0.399 e. The van der Waals surface area contributed by atoms with E-state index in [1.807, 2.05) is 44.2 Å². The molecule has 4 nitrogen and oxygen atoms in total. The molecule has 0 spiro atoms. The first-order valence-corrected chi connectivity index (χ1v) is 7.22. The molecule has 0 atom stereocenters. The first kappa shape index (κ1) is 16.0. The SMILES string of the molecule is CC.CNC(=O)c1cc(Sc2ccc(N)cc2)ccn1. The van der Waals surface area contributed by atoms with Crippen LogP contribution in [0.15, 0.2) is 52.4 Å². The number of benzene rings is 1. The molecule has 0 radical (unpaired) electrons. The number of anilines is 1. The predicted octanol–water partition coefficient (Wildman–Crippen LogP) is 3.20. The van der Waals surface area contributed by atoms with Gasteiger partial charge in [0.25, 0.3) is 5.91 Å². The molecule has 1 amide bonds. The van der Waals surface area contributed by atoms with Gasteiger partial charge in [-0.05, 0) is 36.4 Å². The van der Waals surface area contributed by atoms with Crippen molar-refractivity contribution in [3.8, 4) is 0 Å². The molecular weight excluding hydrogens is 270 g/mol. The van der Waals surface area contributed by atoms with Crippen LogP contribution in [-0.2, 0) is 0 Å². The number of rotatable bonds is 3. The summed E-state index contributed by atoms with van der Waals surface area (Å²) in [6.07, 6.45) is 1.63. The monoisotopic (exact) mass is 289 g/mol. The highest BCUT2D eigenvalue weighted by Gasteiger charge is 2.06. The molecule has 1 aromatic heterocycles. The van der Waals surface area contributed by atoms with Crippen LogP contribution in [0.5, 0.6) is 0 Å². The minimum absolute atomic E-state index is 0.185. The van der Waals surface area contributed by atoms with Crippen LogP contribution < -0.4 is 11.1 Å². The molecule has 20 heavy (non-hydrogen) atoms. The van der Waals surface area contributed by atoms with Crippen LogP contribution in [0.1, 0.15) is 24.3 Å². The Kier molecular flexibility index (Phi) is 6.59. The molecule has 0 aliphatic rings. The number of nitrogens with one attached hydrogen (secondary N) is 1. The van der Waals surface area contributed by atoms with Gasteiger partial charge in [0.05, 0.1) is 0 Å². The van der Waals surface area contributed by atoms with Gasteiger partial charge >= 0.3 is 0 Å². The van der Waals surface area contributed by atoms with Gasteiger partial charge in [0.15, 0.2) is 0 Å². The van der Waals surface area contributed by atoms with Crippen LogP contribution in [0, 0.1) is 0 Å². The Hall–Kier alpha value is -2.01. The van der Waals surface area contributed by atoms with Gasteiger partial charge in [-0.1, -0.05) is 25.6 Å². The van der Waals surface area contributed by atoms with Gasteiger partial charge in [0, 0.05) is 28.7 Å². The molecule has 1 heterocycles. The summed E-state index contributed by atoms with van der Waals surface area (Å²) < 4.78 is 0. The fourth-order valence-corrected chi connectivity index (χ4v) is 2.24.